The first kappa shape index (κ1) is 20.9. The van der Waals surface area contributed by atoms with Gasteiger partial charge in [0, 0.05) is 0 Å². The van der Waals surface area contributed by atoms with Crippen LogP contribution >= 0.6 is 0 Å². The molecule has 0 atom stereocenters. The van der Waals surface area contributed by atoms with E-state index in [0.29, 0.717) is 0 Å². The molecule has 0 bridgehead atoms. The predicted molar refractivity (Wildman–Crippen MR) is 79.4 cm³/mol. The molecule has 1 radical (unpaired) electrons. The average Bonchev–Trinajstić information content (AvgIpc) is 2.37. The summed E-state index contributed by atoms with van der Waals surface area (Å²) in [6.07, 6.45) is 11.1. The van der Waals surface area contributed by atoms with Gasteiger partial charge in [0.2, 0.25) is 0 Å². The van der Waals surface area contributed by atoms with Crippen LogP contribution in [-0.4, -0.2) is 30.7 Å². The van der Waals surface area contributed by atoms with Crippen molar-refractivity contribution < 1.29 is 24.0 Å². The van der Waals surface area contributed by atoms with Crippen LogP contribution < -0.4 is 0 Å². The van der Waals surface area contributed by atoms with Gasteiger partial charge >= 0.3 is 19.5 Å². The first-order chi connectivity index (χ1) is 8.24. The van der Waals surface area contributed by atoms with E-state index in [9.17, 15) is 0 Å². The Morgan fingerprint density at radius 2 is 0.722 bits per heavy atom. The summed E-state index contributed by atoms with van der Waals surface area (Å²) in [6, 6.07) is 0. The number of nitrogens with zero attached hydrogens (tertiary/aromatic N) is 1. The molecule has 0 N–H and O–H groups in total. The molecule has 0 aromatic carbocycles. The van der Waals surface area contributed by atoms with E-state index in [1.54, 1.807) is 0 Å². The van der Waals surface area contributed by atoms with Crippen molar-refractivity contribution in [2.75, 3.05) is 26.2 Å². The zero-order valence-electron chi connectivity index (χ0n) is 13.3. The van der Waals surface area contributed by atoms with E-state index >= 15 is 0 Å². The van der Waals surface area contributed by atoms with E-state index in [1.165, 1.54) is 82.0 Å². The number of unbranched alkanes of at least 4 members (excludes halogenated alkanes) is 4. The van der Waals surface area contributed by atoms with Gasteiger partial charge in [0.15, 0.2) is 0 Å². The first-order valence-electron chi connectivity index (χ1n) is 8.09. The third-order valence-corrected chi connectivity index (χ3v) is 3.94. The Hall–Kier alpha value is 0.583. The van der Waals surface area contributed by atoms with Gasteiger partial charge in [-0.25, -0.2) is 0 Å². The van der Waals surface area contributed by atoms with Crippen LogP contribution in [0.5, 0.6) is 0 Å². The van der Waals surface area contributed by atoms with Crippen LogP contribution in [0, 0.1) is 0 Å². The molecule has 0 amide bonds. The van der Waals surface area contributed by atoms with Crippen molar-refractivity contribution >= 4 is 0 Å². The fraction of sp³-hybridized carbons (Fsp3) is 1.00. The van der Waals surface area contributed by atoms with Gasteiger partial charge in [-0.3, -0.25) is 0 Å². The maximum atomic E-state index is 2.33. The number of hydrogen-bond acceptors (Lipinski definition) is 0. The van der Waals surface area contributed by atoms with Gasteiger partial charge in [0.25, 0.3) is 0 Å². The van der Waals surface area contributed by atoms with E-state index < -0.39 is 0 Å². The Bertz CT molecular complexity index is 122. The second-order valence-corrected chi connectivity index (χ2v) is 5.65. The summed E-state index contributed by atoms with van der Waals surface area (Å²) in [4.78, 5) is 0. The third-order valence-electron chi connectivity index (χ3n) is 3.94. The maximum absolute atomic E-state index is 2.33. The Morgan fingerprint density at radius 1 is 0.500 bits per heavy atom. The minimum atomic E-state index is 0. The van der Waals surface area contributed by atoms with Gasteiger partial charge in [-0.05, 0) is 25.7 Å². The Balaban J connectivity index is 0. The van der Waals surface area contributed by atoms with Crippen molar-refractivity contribution in [2.45, 2.75) is 79.1 Å². The Kier molecular flexibility index (Phi) is 16.3. The molecule has 1 nitrogen and oxygen atoms in total. The summed E-state index contributed by atoms with van der Waals surface area (Å²) in [5, 5.41) is 0. The molecular weight excluding hydrogens is 307 g/mol. The van der Waals surface area contributed by atoms with Crippen LogP contribution in [0.15, 0.2) is 0 Å². The van der Waals surface area contributed by atoms with Gasteiger partial charge in [-0.2, -0.15) is 0 Å². The van der Waals surface area contributed by atoms with Crippen LogP contribution in [0.2, 0.25) is 0 Å². The van der Waals surface area contributed by atoms with Crippen LogP contribution in [0.4, 0.5) is 0 Å². The smallest absolute Gasteiger partial charge is 0.324 e. The van der Waals surface area contributed by atoms with Crippen molar-refractivity contribution in [2.24, 2.45) is 0 Å². The van der Waals surface area contributed by atoms with Crippen molar-refractivity contribution in [1.29, 1.82) is 0 Å². The standard InChI is InChI=1S/C16H36N.Ru/c1-5-9-13-17(14-10-6-2,15-11-7-3)16-12-8-4;/h5-16H2,1-4H3;/q+1;+3. The minimum absolute atomic E-state index is 0. The summed E-state index contributed by atoms with van der Waals surface area (Å²) in [5.41, 5.74) is 0. The van der Waals surface area contributed by atoms with Gasteiger partial charge in [0.1, 0.15) is 0 Å². The molecule has 0 fully saturated rings. The van der Waals surface area contributed by atoms with Crippen LogP contribution in [0.1, 0.15) is 79.1 Å². The van der Waals surface area contributed by atoms with Crippen molar-refractivity contribution in [3.05, 3.63) is 0 Å². The molecule has 0 saturated carbocycles. The van der Waals surface area contributed by atoms with E-state index in [0.717, 1.165) is 0 Å². The minimum Gasteiger partial charge on any atom is -0.324 e. The molecular formula is C16H36NRu+4. The summed E-state index contributed by atoms with van der Waals surface area (Å²) in [5.74, 6) is 0. The van der Waals surface area contributed by atoms with Crippen LogP contribution in [0.3, 0.4) is 0 Å². The second-order valence-electron chi connectivity index (χ2n) is 5.65. The monoisotopic (exact) mass is 344 g/mol. The van der Waals surface area contributed by atoms with Crippen molar-refractivity contribution in [3.8, 4) is 0 Å². The normalized spacial score (nSPS) is 11.3. The second kappa shape index (κ2) is 14.0. The van der Waals surface area contributed by atoms with E-state index in [1.807, 2.05) is 0 Å². The fourth-order valence-corrected chi connectivity index (χ4v) is 2.64. The first-order valence-corrected chi connectivity index (χ1v) is 8.09. The molecule has 0 aliphatic rings. The molecule has 0 rings (SSSR count). The molecule has 18 heavy (non-hydrogen) atoms. The summed E-state index contributed by atoms with van der Waals surface area (Å²) in [6.45, 7) is 15.0. The van der Waals surface area contributed by atoms with Gasteiger partial charge in [0.05, 0.1) is 26.2 Å². The summed E-state index contributed by atoms with van der Waals surface area (Å²) >= 11 is 0. The molecule has 0 spiro atoms. The quantitative estimate of drug-likeness (QED) is 0.345. The summed E-state index contributed by atoms with van der Waals surface area (Å²) < 4.78 is 1.42. The van der Waals surface area contributed by atoms with E-state index in [4.69, 9.17) is 0 Å². The molecule has 0 aliphatic heterocycles. The topological polar surface area (TPSA) is 0 Å². The fourth-order valence-electron chi connectivity index (χ4n) is 2.64. The maximum Gasteiger partial charge on any atom is 3.00 e. The van der Waals surface area contributed by atoms with Crippen molar-refractivity contribution in [1.82, 2.24) is 0 Å². The molecule has 109 valence electrons. The largest absolute Gasteiger partial charge is 3.00 e. The number of hydrogen-bond donors (Lipinski definition) is 0. The summed E-state index contributed by atoms with van der Waals surface area (Å²) in [7, 11) is 0. The van der Waals surface area contributed by atoms with Gasteiger partial charge in [-0.1, -0.05) is 53.4 Å². The van der Waals surface area contributed by atoms with Crippen molar-refractivity contribution in [3.63, 3.8) is 0 Å². The number of quaternary nitrogens is 1. The Morgan fingerprint density at radius 3 is 0.889 bits per heavy atom. The van der Waals surface area contributed by atoms with E-state index in [-0.39, 0.29) is 19.5 Å². The SMILES string of the molecule is CCCC[N+](CCCC)(CCCC)CCCC.[Ru+3]. The van der Waals surface area contributed by atoms with Gasteiger partial charge < -0.3 is 4.48 Å². The molecule has 0 aliphatic carbocycles. The molecule has 0 aromatic heterocycles. The Labute approximate surface area is 129 Å². The third kappa shape index (κ3) is 9.51. The average molecular weight is 344 g/mol. The zero-order valence-corrected chi connectivity index (χ0v) is 15.0. The van der Waals surface area contributed by atoms with Crippen LogP contribution in [-0.2, 0) is 19.5 Å². The zero-order chi connectivity index (χ0) is 13.0. The molecule has 0 heterocycles. The molecule has 0 unspecified atom stereocenters. The molecule has 2 heteroatoms. The van der Waals surface area contributed by atoms with Crippen LogP contribution in [0.25, 0.3) is 0 Å². The molecule has 0 saturated heterocycles. The number of rotatable bonds is 12. The van der Waals surface area contributed by atoms with E-state index in [2.05, 4.69) is 27.7 Å². The van der Waals surface area contributed by atoms with Gasteiger partial charge in [-0.15, -0.1) is 0 Å². The molecule has 0 aromatic rings. The predicted octanol–water partition coefficient (Wildman–Crippen LogP) is 5.00.